The molecule has 0 N–H and O–H groups in total. The van der Waals surface area contributed by atoms with Crippen LogP contribution in [0.5, 0.6) is 0 Å². The topological polar surface area (TPSA) is 57.7 Å². The van der Waals surface area contributed by atoms with Crippen molar-refractivity contribution in [2.45, 2.75) is 19.9 Å². The van der Waals surface area contributed by atoms with Crippen molar-refractivity contribution in [2.24, 2.45) is 5.92 Å². The van der Waals surface area contributed by atoms with Crippen LogP contribution in [0.4, 0.5) is 0 Å². The lowest BCUT2D eigenvalue weighted by molar-refractivity contribution is -0.141. The molecule has 0 spiro atoms. The Bertz CT molecular complexity index is 385. The smallest absolute Gasteiger partial charge is 0.225 e. The molecule has 0 aliphatic carbocycles. The number of likely N-dealkylation sites (tertiary alicyclic amines) is 1. The summed E-state index contributed by atoms with van der Waals surface area (Å²) in [5.74, 6) is 0.784. The van der Waals surface area contributed by atoms with Crippen molar-refractivity contribution < 1.29 is 13.2 Å². The Balaban J connectivity index is 1.79. The fourth-order valence-electron chi connectivity index (χ4n) is 2.32. The SMILES string of the molecule is CC(C)C(=O)N1CC(N2CCS(=O)(=O)CC2)C1. The van der Waals surface area contributed by atoms with Gasteiger partial charge in [-0.3, -0.25) is 9.69 Å². The number of carbonyl (C=O) groups is 1. The predicted octanol–water partition coefficient (Wildman–Crippen LogP) is -0.416. The summed E-state index contributed by atoms with van der Waals surface area (Å²) in [6.45, 7) is 6.58. The van der Waals surface area contributed by atoms with Gasteiger partial charge in [0.25, 0.3) is 0 Å². The molecule has 0 saturated carbocycles. The molecule has 0 aromatic carbocycles. The second kappa shape index (κ2) is 4.57. The zero-order valence-corrected chi connectivity index (χ0v) is 11.2. The van der Waals surface area contributed by atoms with Crippen LogP contribution in [0, 0.1) is 5.92 Å². The first-order valence-corrected chi connectivity index (χ1v) is 7.94. The number of sulfone groups is 1. The summed E-state index contributed by atoms with van der Waals surface area (Å²) in [5.41, 5.74) is 0. The Kier molecular flexibility index (Phi) is 3.45. The van der Waals surface area contributed by atoms with Gasteiger partial charge in [-0.2, -0.15) is 0 Å². The van der Waals surface area contributed by atoms with Gasteiger partial charge in [-0.1, -0.05) is 13.8 Å². The summed E-state index contributed by atoms with van der Waals surface area (Å²) in [6, 6.07) is 0.369. The fourth-order valence-corrected chi connectivity index (χ4v) is 3.55. The van der Waals surface area contributed by atoms with Crippen LogP contribution in [0.25, 0.3) is 0 Å². The van der Waals surface area contributed by atoms with Crippen LogP contribution in [-0.2, 0) is 14.6 Å². The van der Waals surface area contributed by atoms with Crippen LogP contribution in [0.1, 0.15) is 13.8 Å². The molecule has 98 valence electrons. The van der Waals surface area contributed by atoms with Gasteiger partial charge in [0.1, 0.15) is 0 Å². The van der Waals surface area contributed by atoms with E-state index in [2.05, 4.69) is 4.90 Å². The summed E-state index contributed by atoms with van der Waals surface area (Å²) >= 11 is 0. The Morgan fingerprint density at radius 2 is 1.71 bits per heavy atom. The molecule has 0 aromatic heterocycles. The second-order valence-electron chi connectivity index (χ2n) is 5.24. The van der Waals surface area contributed by atoms with E-state index >= 15 is 0 Å². The minimum absolute atomic E-state index is 0.0534. The van der Waals surface area contributed by atoms with Gasteiger partial charge in [-0.15, -0.1) is 0 Å². The van der Waals surface area contributed by atoms with Gasteiger partial charge in [-0.25, -0.2) is 8.42 Å². The number of rotatable bonds is 2. The van der Waals surface area contributed by atoms with Gasteiger partial charge >= 0.3 is 0 Å². The van der Waals surface area contributed by atoms with Gasteiger partial charge < -0.3 is 4.90 Å². The van der Waals surface area contributed by atoms with Crippen molar-refractivity contribution in [1.82, 2.24) is 9.80 Å². The van der Waals surface area contributed by atoms with E-state index in [9.17, 15) is 13.2 Å². The first-order chi connectivity index (χ1) is 7.89. The average molecular weight is 260 g/mol. The molecule has 0 unspecified atom stereocenters. The maximum Gasteiger partial charge on any atom is 0.225 e. The summed E-state index contributed by atoms with van der Waals surface area (Å²) in [4.78, 5) is 15.7. The highest BCUT2D eigenvalue weighted by Gasteiger charge is 2.37. The van der Waals surface area contributed by atoms with E-state index in [4.69, 9.17) is 0 Å². The van der Waals surface area contributed by atoms with E-state index in [-0.39, 0.29) is 23.3 Å². The fraction of sp³-hybridized carbons (Fsp3) is 0.909. The Morgan fingerprint density at radius 3 is 2.18 bits per heavy atom. The lowest BCUT2D eigenvalue weighted by Crippen LogP contribution is -2.63. The highest BCUT2D eigenvalue weighted by atomic mass is 32.2. The van der Waals surface area contributed by atoms with E-state index in [1.165, 1.54) is 0 Å². The summed E-state index contributed by atoms with van der Waals surface area (Å²) in [6.07, 6.45) is 0. The molecular weight excluding hydrogens is 240 g/mol. The van der Waals surface area contributed by atoms with Crippen molar-refractivity contribution >= 4 is 15.7 Å². The van der Waals surface area contributed by atoms with Gasteiger partial charge in [0.05, 0.1) is 11.5 Å². The largest absolute Gasteiger partial charge is 0.339 e. The third-order valence-electron chi connectivity index (χ3n) is 3.56. The summed E-state index contributed by atoms with van der Waals surface area (Å²) in [5, 5.41) is 0. The van der Waals surface area contributed by atoms with Crippen molar-refractivity contribution in [3.05, 3.63) is 0 Å². The highest BCUT2D eigenvalue weighted by molar-refractivity contribution is 7.91. The molecule has 2 aliphatic heterocycles. The van der Waals surface area contributed by atoms with Crippen LogP contribution in [0.3, 0.4) is 0 Å². The quantitative estimate of drug-likeness (QED) is 0.677. The minimum Gasteiger partial charge on any atom is -0.339 e. The first-order valence-electron chi connectivity index (χ1n) is 6.12. The third kappa shape index (κ3) is 2.80. The van der Waals surface area contributed by atoms with Crippen molar-refractivity contribution in [1.29, 1.82) is 0 Å². The molecule has 2 saturated heterocycles. The molecule has 5 nitrogen and oxygen atoms in total. The second-order valence-corrected chi connectivity index (χ2v) is 7.54. The number of hydrogen-bond acceptors (Lipinski definition) is 4. The molecule has 0 aromatic rings. The number of amides is 1. The maximum atomic E-state index is 11.7. The summed E-state index contributed by atoms with van der Waals surface area (Å²) in [7, 11) is -2.80. The van der Waals surface area contributed by atoms with Crippen LogP contribution in [-0.4, -0.2) is 67.9 Å². The Hall–Kier alpha value is -0.620. The lowest BCUT2D eigenvalue weighted by Gasteiger charge is -2.47. The summed E-state index contributed by atoms with van der Waals surface area (Å²) < 4.78 is 22.6. The molecule has 0 atom stereocenters. The van der Waals surface area contributed by atoms with E-state index < -0.39 is 9.84 Å². The molecule has 2 heterocycles. The molecule has 2 fully saturated rings. The van der Waals surface area contributed by atoms with Gasteiger partial charge in [0.15, 0.2) is 9.84 Å². The van der Waals surface area contributed by atoms with E-state index in [1.54, 1.807) is 0 Å². The van der Waals surface area contributed by atoms with Crippen LogP contribution >= 0.6 is 0 Å². The maximum absolute atomic E-state index is 11.7. The first kappa shape index (κ1) is 12.8. The number of nitrogens with zero attached hydrogens (tertiary/aromatic N) is 2. The van der Waals surface area contributed by atoms with Crippen LogP contribution < -0.4 is 0 Å². The Labute approximate surface area is 103 Å². The lowest BCUT2D eigenvalue weighted by atomic mass is 10.0. The van der Waals surface area contributed by atoms with E-state index in [0.717, 1.165) is 13.1 Å². The van der Waals surface area contributed by atoms with E-state index in [0.29, 0.717) is 19.1 Å². The van der Waals surface area contributed by atoms with Crippen molar-refractivity contribution in [3.8, 4) is 0 Å². The number of hydrogen-bond donors (Lipinski definition) is 0. The van der Waals surface area contributed by atoms with Crippen LogP contribution in [0.15, 0.2) is 0 Å². The molecular formula is C11H20N2O3S. The molecule has 6 heteroatoms. The zero-order chi connectivity index (χ0) is 12.6. The minimum atomic E-state index is -2.80. The van der Waals surface area contributed by atoms with Crippen molar-refractivity contribution in [2.75, 3.05) is 37.7 Å². The molecule has 2 aliphatic rings. The molecule has 1 amide bonds. The molecule has 0 radical (unpaired) electrons. The van der Waals surface area contributed by atoms with Gasteiger partial charge in [0.2, 0.25) is 5.91 Å². The molecule has 17 heavy (non-hydrogen) atoms. The predicted molar refractivity (Wildman–Crippen MR) is 65.4 cm³/mol. The van der Waals surface area contributed by atoms with Gasteiger partial charge in [-0.05, 0) is 0 Å². The normalized spacial score (nSPS) is 25.9. The monoisotopic (exact) mass is 260 g/mol. The Morgan fingerprint density at radius 1 is 1.18 bits per heavy atom. The number of carbonyl (C=O) groups excluding carboxylic acids is 1. The molecule has 2 rings (SSSR count). The van der Waals surface area contributed by atoms with Gasteiger partial charge in [0, 0.05) is 38.1 Å². The third-order valence-corrected chi connectivity index (χ3v) is 5.17. The molecule has 0 bridgehead atoms. The van der Waals surface area contributed by atoms with E-state index in [1.807, 2.05) is 18.7 Å². The van der Waals surface area contributed by atoms with Crippen LogP contribution in [0.2, 0.25) is 0 Å². The average Bonchev–Trinajstić information content (AvgIpc) is 2.17. The standard InChI is InChI=1S/C11H20N2O3S/c1-9(2)11(14)13-7-10(8-13)12-3-5-17(15,16)6-4-12/h9-10H,3-8H2,1-2H3. The zero-order valence-electron chi connectivity index (χ0n) is 10.4. The van der Waals surface area contributed by atoms with Crippen molar-refractivity contribution in [3.63, 3.8) is 0 Å². The highest BCUT2D eigenvalue weighted by Crippen LogP contribution is 2.19.